The van der Waals surface area contributed by atoms with E-state index in [1.54, 1.807) is 13.8 Å². The normalized spacial score (nSPS) is 34.2. The molecule has 0 spiro atoms. The van der Waals surface area contributed by atoms with Crippen LogP contribution in [0, 0.1) is 17.8 Å². The van der Waals surface area contributed by atoms with E-state index in [2.05, 4.69) is 13.8 Å². The van der Waals surface area contributed by atoms with Crippen LogP contribution in [0.5, 0.6) is 0 Å². The van der Waals surface area contributed by atoms with Gasteiger partial charge in [-0.05, 0) is 44.4 Å². The van der Waals surface area contributed by atoms with Crippen molar-refractivity contribution in [2.45, 2.75) is 52.6 Å². The second-order valence-electron chi connectivity index (χ2n) is 5.33. The molecule has 0 aromatic rings. The van der Waals surface area contributed by atoms with Crippen LogP contribution in [-0.4, -0.2) is 23.3 Å². The van der Waals surface area contributed by atoms with Gasteiger partial charge in [-0.25, -0.2) is 4.79 Å². The molecule has 0 saturated heterocycles. The number of carbonyl (C=O) groups excluding carboxylic acids is 1. The summed E-state index contributed by atoms with van der Waals surface area (Å²) in [6, 6.07) is 0. The zero-order chi connectivity index (χ0) is 12.3. The van der Waals surface area contributed by atoms with Gasteiger partial charge in [-0.15, -0.1) is 0 Å². The molecule has 3 nitrogen and oxygen atoms in total. The van der Waals surface area contributed by atoms with Crippen LogP contribution in [-0.2, 0) is 9.53 Å². The lowest BCUT2D eigenvalue weighted by Gasteiger charge is -2.38. The summed E-state index contributed by atoms with van der Waals surface area (Å²) < 4.78 is 4.93. The van der Waals surface area contributed by atoms with E-state index >= 15 is 0 Å². The average Bonchev–Trinajstić information content (AvgIpc) is 2.22. The maximum Gasteiger partial charge on any atom is 0.338 e. The number of rotatable bonds is 3. The minimum atomic E-state index is -1.32. The predicted octanol–water partition coefficient (Wildman–Crippen LogP) is 2.37. The molecule has 0 amide bonds. The highest BCUT2D eigenvalue weighted by Crippen LogP contribution is 2.39. The predicted molar refractivity (Wildman–Crippen MR) is 62.9 cm³/mol. The Morgan fingerprint density at radius 2 is 2.00 bits per heavy atom. The number of hydrogen-bond acceptors (Lipinski definition) is 3. The minimum absolute atomic E-state index is 0.0396. The molecule has 0 aromatic heterocycles. The zero-order valence-electron chi connectivity index (χ0n) is 10.8. The molecule has 4 unspecified atom stereocenters. The second-order valence-corrected chi connectivity index (χ2v) is 5.33. The first-order chi connectivity index (χ1) is 7.39. The van der Waals surface area contributed by atoms with Crippen molar-refractivity contribution in [2.75, 3.05) is 6.61 Å². The Hall–Kier alpha value is -0.570. The van der Waals surface area contributed by atoms with Crippen molar-refractivity contribution in [3.8, 4) is 0 Å². The molecule has 3 heteroatoms. The summed E-state index contributed by atoms with van der Waals surface area (Å²) in [7, 11) is 0. The number of ether oxygens (including phenoxy) is 1. The third-order valence-electron chi connectivity index (χ3n) is 4.08. The molecule has 0 radical (unpaired) electrons. The molecule has 1 rings (SSSR count). The van der Waals surface area contributed by atoms with Crippen molar-refractivity contribution in [1.29, 1.82) is 0 Å². The summed E-state index contributed by atoms with van der Waals surface area (Å²) >= 11 is 0. The maximum atomic E-state index is 11.7. The van der Waals surface area contributed by atoms with E-state index < -0.39 is 11.6 Å². The quantitative estimate of drug-likeness (QED) is 0.754. The molecule has 1 fully saturated rings. The van der Waals surface area contributed by atoms with Crippen LogP contribution in [0.25, 0.3) is 0 Å². The van der Waals surface area contributed by atoms with E-state index in [-0.39, 0.29) is 5.92 Å². The van der Waals surface area contributed by atoms with E-state index in [9.17, 15) is 9.90 Å². The van der Waals surface area contributed by atoms with Crippen molar-refractivity contribution in [1.82, 2.24) is 0 Å². The second kappa shape index (κ2) is 5.17. The van der Waals surface area contributed by atoms with Crippen LogP contribution in [0.4, 0.5) is 0 Å². The summed E-state index contributed by atoms with van der Waals surface area (Å²) in [5, 5.41) is 10.3. The van der Waals surface area contributed by atoms with Crippen molar-refractivity contribution < 1.29 is 14.6 Å². The van der Waals surface area contributed by atoms with Gasteiger partial charge in [0.2, 0.25) is 0 Å². The molecule has 0 heterocycles. The Morgan fingerprint density at radius 3 is 2.50 bits per heavy atom. The van der Waals surface area contributed by atoms with E-state index in [4.69, 9.17) is 4.74 Å². The summed E-state index contributed by atoms with van der Waals surface area (Å²) in [4.78, 5) is 11.7. The number of carbonyl (C=O) groups is 1. The largest absolute Gasteiger partial charge is 0.464 e. The molecular formula is C13H24O3. The molecule has 1 aliphatic rings. The van der Waals surface area contributed by atoms with Crippen molar-refractivity contribution in [3.63, 3.8) is 0 Å². The Labute approximate surface area is 98.2 Å². The van der Waals surface area contributed by atoms with Gasteiger partial charge in [-0.2, -0.15) is 0 Å². The monoisotopic (exact) mass is 228 g/mol. The fourth-order valence-corrected chi connectivity index (χ4v) is 2.50. The first-order valence-corrected chi connectivity index (χ1v) is 6.29. The number of hydrogen-bond donors (Lipinski definition) is 1. The van der Waals surface area contributed by atoms with Crippen LogP contribution < -0.4 is 0 Å². The number of aliphatic hydroxyl groups is 1. The molecule has 16 heavy (non-hydrogen) atoms. The summed E-state index contributed by atoms with van der Waals surface area (Å²) in [6.45, 7) is 8.11. The molecule has 0 bridgehead atoms. The summed E-state index contributed by atoms with van der Waals surface area (Å²) in [5.74, 6) is 0.827. The lowest BCUT2D eigenvalue weighted by Crippen LogP contribution is -2.46. The Balaban J connectivity index is 2.65. The molecule has 1 N–H and O–H groups in total. The summed E-state index contributed by atoms with van der Waals surface area (Å²) in [6.07, 6.45) is 2.91. The molecule has 0 aliphatic heterocycles. The fraction of sp³-hybridized carbons (Fsp3) is 0.923. The Morgan fingerprint density at radius 1 is 1.38 bits per heavy atom. The molecule has 94 valence electrons. The van der Waals surface area contributed by atoms with Gasteiger partial charge in [-0.3, -0.25) is 0 Å². The van der Waals surface area contributed by atoms with Crippen LogP contribution >= 0.6 is 0 Å². The highest BCUT2D eigenvalue weighted by Gasteiger charge is 2.43. The van der Waals surface area contributed by atoms with E-state index in [1.807, 2.05) is 0 Å². The van der Waals surface area contributed by atoms with Crippen LogP contribution in [0.1, 0.15) is 47.0 Å². The smallest absolute Gasteiger partial charge is 0.338 e. The topological polar surface area (TPSA) is 46.5 Å². The molecule has 4 atom stereocenters. The van der Waals surface area contributed by atoms with Gasteiger partial charge in [0.1, 0.15) is 0 Å². The average molecular weight is 228 g/mol. The lowest BCUT2D eigenvalue weighted by molar-refractivity contribution is -0.171. The highest BCUT2D eigenvalue weighted by molar-refractivity contribution is 5.79. The standard InChI is InChI=1S/C13H24O3/c1-5-16-12(14)13(4,15)11-7-6-9(2)10(3)8-11/h9-11,15H,5-8H2,1-4H3. The molecule has 1 saturated carbocycles. The number of esters is 1. The minimum Gasteiger partial charge on any atom is -0.464 e. The van der Waals surface area contributed by atoms with Gasteiger partial charge in [0.25, 0.3) is 0 Å². The first-order valence-electron chi connectivity index (χ1n) is 6.29. The van der Waals surface area contributed by atoms with Crippen molar-refractivity contribution in [2.24, 2.45) is 17.8 Å². The lowest BCUT2D eigenvalue weighted by atomic mass is 9.70. The summed E-state index contributed by atoms with van der Waals surface area (Å²) in [5.41, 5.74) is -1.32. The van der Waals surface area contributed by atoms with Crippen molar-refractivity contribution in [3.05, 3.63) is 0 Å². The van der Waals surface area contributed by atoms with E-state index in [0.717, 1.165) is 19.3 Å². The van der Waals surface area contributed by atoms with E-state index in [1.165, 1.54) is 0 Å². The molecular weight excluding hydrogens is 204 g/mol. The van der Waals surface area contributed by atoms with E-state index in [0.29, 0.717) is 18.4 Å². The van der Waals surface area contributed by atoms with Gasteiger partial charge in [0.15, 0.2) is 5.60 Å². The molecule has 1 aliphatic carbocycles. The zero-order valence-corrected chi connectivity index (χ0v) is 10.8. The van der Waals surface area contributed by atoms with Crippen LogP contribution in [0.3, 0.4) is 0 Å². The third kappa shape index (κ3) is 2.76. The van der Waals surface area contributed by atoms with Crippen LogP contribution in [0.15, 0.2) is 0 Å². The fourth-order valence-electron chi connectivity index (χ4n) is 2.50. The van der Waals surface area contributed by atoms with Gasteiger partial charge in [0, 0.05) is 0 Å². The molecule has 0 aromatic carbocycles. The van der Waals surface area contributed by atoms with Crippen molar-refractivity contribution >= 4 is 5.97 Å². The van der Waals surface area contributed by atoms with Gasteiger partial charge in [0.05, 0.1) is 6.61 Å². The first kappa shape index (κ1) is 13.5. The SMILES string of the molecule is CCOC(=O)C(C)(O)C1CCC(C)C(C)C1. The Bertz CT molecular complexity index is 248. The highest BCUT2D eigenvalue weighted by atomic mass is 16.5. The third-order valence-corrected chi connectivity index (χ3v) is 4.08. The van der Waals surface area contributed by atoms with Gasteiger partial charge in [-0.1, -0.05) is 20.3 Å². The van der Waals surface area contributed by atoms with Gasteiger partial charge >= 0.3 is 5.97 Å². The van der Waals surface area contributed by atoms with Crippen LogP contribution in [0.2, 0.25) is 0 Å². The Kier molecular flexibility index (Phi) is 4.36. The van der Waals surface area contributed by atoms with Gasteiger partial charge < -0.3 is 9.84 Å². The maximum absolute atomic E-state index is 11.7.